The topological polar surface area (TPSA) is 30.9 Å². The van der Waals surface area contributed by atoms with Crippen LogP contribution in [0.1, 0.15) is 6.92 Å². The number of ether oxygens (including phenoxy) is 3. The van der Waals surface area contributed by atoms with E-state index in [2.05, 4.69) is 11.8 Å². The predicted molar refractivity (Wildman–Crippen MR) is 80.0 cm³/mol. The van der Waals surface area contributed by atoms with Crippen LogP contribution in [0.25, 0.3) is 0 Å². The molecule has 2 unspecified atom stereocenters. The van der Waals surface area contributed by atoms with Crippen LogP contribution in [0, 0.1) is 0 Å². The van der Waals surface area contributed by atoms with E-state index in [1.54, 1.807) is 7.11 Å². The van der Waals surface area contributed by atoms with Crippen molar-refractivity contribution in [2.45, 2.75) is 19.1 Å². The Hall–Kier alpha value is -0.970. The number of morpholine rings is 1. The largest absolute Gasteiger partial charge is 0.493 e. The van der Waals surface area contributed by atoms with Gasteiger partial charge in [0.25, 0.3) is 0 Å². The van der Waals surface area contributed by atoms with Gasteiger partial charge in [-0.05, 0) is 19.1 Å². The van der Waals surface area contributed by atoms with Crippen LogP contribution in [-0.2, 0) is 4.74 Å². The van der Waals surface area contributed by atoms with Gasteiger partial charge in [0, 0.05) is 25.5 Å². The Balaban J connectivity index is 1.80. The van der Waals surface area contributed by atoms with E-state index in [1.165, 1.54) is 0 Å². The summed E-state index contributed by atoms with van der Waals surface area (Å²) in [5, 5.41) is 0. The average Bonchev–Trinajstić information content (AvgIpc) is 2.47. The van der Waals surface area contributed by atoms with Crippen LogP contribution in [0.15, 0.2) is 24.3 Å². The zero-order valence-corrected chi connectivity index (χ0v) is 12.8. The Labute approximate surface area is 125 Å². The zero-order valence-electron chi connectivity index (χ0n) is 12.0. The van der Waals surface area contributed by atoms with Crippen LogP contribution >= 0.6 is 11.6 Å². The number of rotatable bonds is 6. The molecule has 20 heavy (non-hydrogen) atoms. The molecule has 1 aromatic rings. The number of halogens is 1. The second-order valence-corrected chi connectivity index (χ2v) is 5.29. The molecule has 0 radical (unpaired) electrons. The summed E-state index contributed by atoms with van der Waals surface area (Å²) in [4.78, 5) is 2.33. The number of nitrogens with zero attached hydrogens (tertiary/aromatic N) is 1. The minimum Gasteiger partial charge on any atom is -0.493 e. The molecule has 112 valence electrons. The highest BCUT2D eigenvalue weighted by Gasteiger charge is 2.24. The van der Waals surface area contributed by atoms with Gasteiger partial charge in [-0.25, -0.2) is 0 Å². The number of benzene rings is 1. The molecule has 0 bridgehead atoms. The first-order valence-corrected chi connectivity index (χ1v) is 7.46. The molecule has 0 N–H and O–H groups in total. The monoisotopic (exact) mass is 299 g/mol. The normalized spacial score (nSPS) is 23.6. The van der Waals surface area contributed by atoms with Crippen molar-refractivity contribution in [1.29, 1.82) is 0 Å². The fourth-order valence-corrected chi connectivity index (χ4v) is 2.60. The van der Waals surface area contributed by atoms with Crippen molar-refractivity contribution in [2.75, 3.05) is 39.2 Å². The molecule has 5 heteroatoms. The lowest BCUT2D eigenvalue weighted by Crippen LogP contribution is -2.48. The molecular formula is C15H22ClNO3. The maximum absolute atomic E-state index is 5.88. The maximum atomic E-state index is 5.88. The molecule has 0 saturated carbocycles. The maximum Gasteiger partial charge on any atom is 0.161 e. The van der Waals surface area contributed by atoms with Crippen molar-refractivity contribution in [3.05, 3.63) is 24.3 Å². The quantitative estimate of drug-likeness (QED) is 0.755. The van der Waals surface area contributed by atoms with Gasteiger partial charge in [-0.15, -0.1) is 11.6 Å². The van der Waals surface area contributed by atoms with Gasteiger partial charge >= 0.3 is 0 Å². The second-order valence-electron chi connectivity index (χ2n) is 4.98. The Kier molecular flexibility index (Phi) is 5.95. The van der Waals surface area contributed by atoms with Gasteiger partial charge in [0.2, 0.25) is 0 Å². The van der Waals surface area contributed by atoms with Gasteiger partial charge in [-0.2, -0.15) is 0 Å². The Morgan fingerprint density at radius 3 is 2.75 bits per heavy atom. The van der Waals surface area contributed by atoms with Gasteiger partial charge in [-0.1, -0.05) is 12.1 Å². The highest BCUT2D eigenvalue weighted by atomic mass is 35.5. The summed E-state index contributed by atoms with van der Waals surface area (Å²) in [6.07, 6.45) is 0.338. The van der Waals surface area contributed by atoms with Crippen LogP contribution in [0.4, 0.5) is 0 Å². The number of hydrogen-bond donors (Lipinski definition) is 0. The Bertz CT molecular complexity index is 416. The third-order valence-corrected chi connectivity index (χ3v) is 3.65. The van der Waals surface area contributed by atoms with Crippen molar-refractivity contribution < 1.29 is 14.2 Å². The number of alkyl halides is 1. The van der Waals surface area contributed by atoms with Gasteiger partial charge in [-0.3, -0.25) is 4.90 Å². The summed E-state index contributed by atoms with van der Waals surface area (Å²) in [7, 11) is 1.65. The molecule has 2 rings (SSSR count). The average molecular weight is 300 g/mol. The fraction of sp³-hybridized carbons (Fsp3) is 0.600. The second kappa shape index (κ2) is 7.72. The van der Waals surface area contributed by atoms with Crippen molar-refractivity contribution in [2.24, 2.45) is 0 Å². The van der Waals surface area contributed by atoms with Crippen molar-refractivity contribution in [3.8, 4) is 11.5 Å². The van der Waals surface area contributed by atoms with Gasteiger partial charge in [0.05, 0.1) is 19.3 Å². The smallest absolute Gasteiger partial charge is 0.161 e. The third kappa shape index (κ3) is 4.27. The Morgan fingerprint density at radius 2 is 2.05 bits per heavy atom. The summed E-state index contributed by atoms with van der Waals surface area (Å²) in [5.41, 5.74) is 0. The van der Waals surface area contributed by atoms with E-state index in [-0.39, 0.29) is 12.2 Å². The molecule has 0 aromatic heterocycles. The molecule has 0 aliphatic carbocycles. The summed E-state index contributed by atoms with van der Waals surface area (Å²) in [6, 6.07) is 7.69. The van der Waals surface area contributed by atoms with E-state index in [0.29, 0.717) is 12.5 Å². The van der Waals surface area contributed by atoms with Crippen LogP contribution in [0.3, 0.4) is 0 Å². The first-order valence-electron chi connectivity index (χ1n) is 6.92. The molecule has 2 atom stereocenters. The Morgan fingerprint density at radius 1 is 1.30 bits per heavy atom. The highest BCUT2D eigenvalue weighted by Crippen LogP contribution is 2.25. The SMILES string of the molecule is COc1ccccc1OCCN1CC(C)OC(CCl)C1. The van der Waals surface area contributed by atoms with Crippen LogP contribution in [0.5, 0.6) is 11.5 Å². The zero-order chi connectivity index (χ0) is 14.4. The first-order chi connectivity index (χ1) is 9.72. The molecule has 4 nitrogen and oxygen atoms in total. The van der Waals surface area contributed by atoms with Gasteiger partial charge in [0.1, 0.15) is 6.61 Å². The number of para-hydroxylation sites is 2. The van der Waals surface area contributed by atoms with Crippen molar-refractivity contribution >= 4 is 11.6 Å². The van der Waals surface area contributed by atoms with Crippen LogP contribution in [0.2, 0.25) is 0 Å². The van der Waals surface area contributed by atoms with Gasteiger partial charge < -0.3 is 14.2 Å². The van der Waals surface area contributed by atoms with E-state index >= 15 is 0 Å². The molecular weight excluding hydrogens is 278 g/mol. The molecule has 1 aliphatic heterocycles. The van der Waals surface area contributed by atoms with E-state index in [1.807, 2.05) is 24.3 Å². The molecule has 0 spiro atoms. The number of hydrogen-bond acceptors (Lipinski definition) is 4. The molecule has 1 aromatic carbocycles. The van der Waals surface area contributed by atoms with Crippen molar-refractivity contribution in [3.63, 3.8) is 0 Å². The lowest BCUT2D eigenvalue weighted by molar-refractivity contribution is -0.0683. The van der Waals surface area contributed by atoms with Gasteiger partial charge in [0.15, 0.2) is 11.5 Å². The van der Waals surface area contributed by atoms with E-state index in [4.69, 9.17) is 25.8 Å². The lowest BCUT2D eigenvalue weighted by atomic mass is 10.2. The van der Waals surface area contributed by atoms with E-state index in [9.17, 15) is 0 Å². The molecule has 1 aliphatic rings. The fourth-order valence-electron chi connectivity index (χ4n) is 2.43. The van der Waals surface area contributed by atoms with E-state index < -0.39 is 0 Å². The number of methoxy groups -OCH3 is 1. The van der Waals surface area contributed by atoms with Crippen molar-refractivity contribution in [1.82, 2.24) is 4.90 Å². The summed E-state index contributed by atoms with van der Waals surface area (Å²) in [5.74, 6) is 2.08. The predicted octanol–water partition coefficient (Wildman–Crippen LogP) is 2.40. The molecule has 0 amide bonds. The lowest BCUT2D eigenvalue weighted by Gasteiger charge is -2.35. The summed E-state index contributed by atoms with van der Waals surface area (Å²) in [6.45, 7) is 5.35. The third-order valence-electron chi connectivity index (χ3n) is 3.31. The van der Waals surface area contributed by atoms with Crippen LogP contribution in [-0.4, -0.2) is 56.3 Å². The molecule has 1 saturated heterocycles. The minimum atomic E-state index is 0.117. The highest BCUT2D eigenvalue weighted by molar-refractivity contribution is 6.18. The van der Waals surface area contributed by atoms with E-state index in [0.717, 1.165) is 31.1 Å². The summed E-state index contributed by atoms with van der Waals surface area (Å²) < 4.78 is 16.8. The standard InChI is InChI=1S/C15H22ClNO3/c1-12-10-17(11-13(9-16)20-12)7-8-19-15-6-4-3-5-14(15)18-2/h3-6,12-13H,7-11H2,1-2H3. The summed E-state index contributed by atoms with van der Waals surface area (Å²) >= 11 is 5.88. The van der Waals surface area contributed by atoms with Crippen LogP contribution < -0.4 is 9.47 Å². The minimum absolute atomic E-state index is 0.117. The molecule has 1 fully saturated rings. The molecule has 1 heterocycles. The first kappa shape index (κ1) is 15.4.